The molecule has 9 heteroatoms. The van der Waals surface area contributed by atoms with Gasteiger partial charge in [-0.1, -0.05) is 0 Å². The highest BCUT2D eigenvalue weighted by Crippen LogP contribution is 2.28. The first-order valence-electron chi connectivity index (χ1n) is 9.78. The van der Waals surface area contributed by atoms with Crippen molar-refractivity contribution in [3.05, 3.63) is 57.9 Å². The highest BCUT2D eigenvalue weighted by atomic mass is 32.1. The Morgan fingerprint density at radius 2 is 1.97 bits per heavy atom. The van der Waals surface area contributed by atoms with E-state index in [9.17, 15) is 4.79 Å². The summed E-state index contributed by atoms with van der Waals surface area (Å²) in [5.74, 6) is -0.143. The minimum atomic E-state index is -0.304. The van der Waals surface area contributed by atoms with Crippen LogP contribution in [0.1, 0.15) is 44.2 Å². The van der Waals surface area contributed by atoms with Gasteiger partial charge in [-0.25, -0.2) is 9.97 Å². The summed E-state index contributed by atoms with van der Waals surface area (Å²) in [6.45, 7) is 9.22. The summed E-state index contributed by atoms with van der Waals surface area (Å²) in [4.78, 5) is 33.3. The molecule has 3 aromatic rings. The molecule has 156 valence electrons. The number of carbonyl (C=O) groups excluding carboxylic acids is 1. The molecule has 8 nitrogen and oxygen atoms in total. The van der Waals surface area contributed by atoms with E-state index >= 15 is 0 Å². The van der Waals surface area contributed by atoms with Crippen molar-refractivity contribution in [2.75, 3.05) is 25.0 Å². The van der Waals surface area contributed by atoms with E-state index < -0.39 is 0 Å². The molecule has 0 aromatic carbocycles. The molecule has 1 aliphatic heterocycles. The maximum Gasteiger partial charge on any atom is 0.274 e. The maximum absolute atomic E-state index is 12.8. The van der Waals surface area contributed by atoms with E-state index in [2.05, 4.69) is 32.2 Å². The normalized spacial score (nSPS) is 16.5. The van der Waals surface area contributed by atoms with Crippen LogP contribution < -0.4 is 5.32 Å². The molecular weight excluding hydrogens is 400 g/mol. The molecule has 1 N–H and O–H groups in total. The second-order valence-corrected chi connectivity index (χ2v) is 8.56. The zero-order valence-electron chi connectivity index (χ0n) is 17.5. The lowest BCUT2D eigenvalue weighted by Crippen LogP contribution is -2.42. The Morgan fingerprint density at radius 1 is 1.13 bits per heavy atom. The topological polar surface area (TPSA) is 93.1 Å². The zero-order chi connectivity index (χ0) is 21.3. The van der Waals surface area contributed by atoms with Gasteiger partial charge in [-0.2, -0.15) is 0 Å². The fourth-order valence-corrected chi connectivity index (χ4v) is 4.09. The van der Waals surface area contributed by atoms with Gasteiger partial charge in [0, 0.05) is 29.0 Å². The molecule has 1 aliphatic rings. The lowest BCUT2D eigenvalue weighted by Gasteiger charge is -2.32. The molecule has 0 spiro atoms. The lowest BCUT2D eigenvalue weighted by molar-refractivity contribution is -0.0249. The summed E-state index contributed by atoms with van der Waals surface area (Å²) in [6, 6.07) is 3.94. The predicted octanol–water partition coefficient (Wildman–Crippen LogP) is 3.52. The molecule has 4 heterocycles. The van der Waals surface area contributed by atoms with Crippen molar-refractivity contribution in [3.8, 4) is 0 Å². The first kappa shape index (κ1) is 20.4. The van der Waals surface area contributed by atoms with Gasteiger partial charge in [0.2, 0.25) is 0 Å². The molecule has 30 heavy (non-hydrogen) atoms. The number of hydrogen-bond donors (Lipinski definition) is 1. The van der Waals surface area contributed by atoms with Gasteiger partial charge in [0.05, 0.1) is 36.4 Å². The van der Waals surface area contributed by atoms with Gasteiger partial charge in [-0.05, 0) is 39.8 Å². The summed E-state index contributed by atoms with van der Waals surface area (Å²) in [5, 5.41) is 4.21. The number of ether oxygens (including phenoxy) is 1. The highest BCUT2D eigenvalue weighted by Gasteiger charge is 2.28. The fourth-order valence-electron chi connectivity index (χ4n) is 3.26. The van der Waals surface area contributed by atoms with Crippen molar-refractivity contribution in [3.63, 3.8) is 0 Å². The van der Waals surface area contributed by atoms with Crippen molar-refractivity contribution >= 4 is 28.1 Å². The molecule has 0 saturated carbocycles. The summed E-state index contributed by atoms with van der Waals surface area (Å²) in [5.41, 5.74) is 4.71. The zero-order valence-corrected chi connectivity index (χ0v) is 18.3. The van der Waals surface area contributed by atoms with Crippen LogP contribution in [0.3, 0.4) is 0 Å². The predicted molar refractivity (Wildman–Crippen MR) is 115 cm³/mol. The minimum absolute atomic E-state index is 0.143. The van der Waals surface area contributed by atoms with Crippen LogP contribution in [0.2, 0.25) is 0 Å². The number of aromatic nitrogens is 4. The number of pyridine rings is 1. The molecule has 0 bridgehead atoms. The Balaban J connectivity index is 1.52. The summed E-state index contributed by atoms with van der Waals surface area (Å²) in [6.07, 6.45) is 2.82. The first-order chi connectivity index (χ1) is 14.4. The number of carbonyl (C=O) groups is 1. The largest absolute Gasteiger partial charge is 0.368 e. The van der Waals surface area contributed by atoms with Gasteiger partial charge >= 0.3 is 0 Å². The van der Waals surface area contributed by atoms with Crippen LogP contribution in [0.4, 0.5) is 10.8 Å². The van der Waals surface area contributed by atoms with E-state index in [1.807, 2.05) is 32.9 Å². The molecule has 0 unspecified atom stereocenters. The van der Waals surface area contributed by atoms with Crippen LogP contribution in [0.5, 0.6) is 0 Å². The monoisotopic (exact) mass is 424 g/mol. The van der Waals surface area contributed by atoms with Crippen LogP contribution >= 0.6 is 11.3 Å². The third-order valence-electron chi connectivity index (χ3n) is 4.94. The number of nitrogens with zero attached hydrogens (tertiary/aromatic N) is 5. The van der Waals surface area contributed by atoms with Crippen molar-refractivity contribution in [2.24, 2.45) is 0 Å². The minimum Gasteiger partial charge on any atom is -0.368 e. The van der Waals surface area contributed by atoms with Gasteiger partial charge in [-0.15, -0.1) is 11.3 Å². The van der Waals surface area contributed by atoms with E-state index in [4.69, 9.17) is 4.74 Å². The highest BCUT2D eigenvalue weighted by molar-refractivity contribution is 7.15. The van der Waals surface area contributed by atoms with Crippen molar-refractivity contribution < 1.29 is 9.53 Å². The molecule has 0 aliphatic carbocycles. The molecule has 1 fully saturated rings. The Morgan fingerprint density at radius 3 is 2.67 bits per heavy atom. The van der Waals surface area contributed by atoms with Crippen LogP contribution in [-0.2, 0) is 4.74 Å². The third kappa shape index (κ3) is 4.47. The average molecular weight is 425 g/mol. The van der Waals surface area contributed by atoms with Crippen molar-refractivity contribution in [2.45, 2.75) is 33.8 Å². The van der Waals surface area contributed by atoms with E-state index in [-0.39, 0.29) is 12.0 Å². The number of nitrogens with one attached hydrogen (secondary N) is 1. The number of hydrogen-bond acceptors (Lipinski definition) is 8. The summed E-state index contributed by atoms with van der Waals surface area (Å²) >= 11 is 1.62. The SMILES string of the molecule is Cc1cnc(C(=O)N2CCO[C@@H](c3cc(Nc4nc(C)c(C)s4)cc(C)n3)C2)cn1. The van der Waals surface area contributed by atoms with E-state index in [0.717, 1.165) is 33.6 Å². The smallest absolute Gasteiger partial charge is 0.274 e. The number of thiazole rings is 1. The molecule has 1 atom stereocenters. The Kier molecular flexibility index (Phi) is 5.74. The van der Waals surface area contributed by atoms with E-state index in [1.165, 1.54) is 11.1 Å². The molecule has 4 rings (SSSR count). The molecule has 1 amide bonds. The van der Waals surface area contributed by atoms with Gasteiger partial charge in [0.15, 0.2) is 5.13 Å². The maximum atomic E-state index is 12.8. The van der Waals surface area contributed by atoms with Gasteiger partial charge in [0.1, 0.15) is 11.8 Å². The summed E-state index contributed by atoms with van der Waals surface area (Å²) in [7, 11) is 0. The number of aryl methyl sites for hydroxylation is 4. The van der Waals surface area contributed by atoms with Gasteiger partial charge < -0.3 is 15.0 Å². The number of amides is 1. The molecule has 0 radical (unpaired) electrons. The second kappa shape index (κ2) is 8.45. The number of rotatable bonds is 4. The van der Waals surface area contributed by atoms with E-state index in [0.29, 0.717) is 25.4 Å². The molecular formula is C21H24N6O2S. The Labute approximate surface area is 179 Å². The Bertz CT molecular complexity index is 1050. The van der Waals surface area contributed by atoms with Gasteiger partial charge in [0.25, 0.3) is 5.91 Å². The molecule has 1 saturated heterocycles. The van der Waals surface area contributed by atoms with Crippen LogP contribution in [-0.4, -0.2) is 50.4 Å². The first-order valence-corrected chi connectivity index (χ1v) is 10.6. The number of morpholine rings is 1. The average Bonchev–Trinajstić information content (AvgIpc) is 3.04. The number of anilines is 2. The standard InChI is InChI=1S/C21H24N6O2S/c1-12-7-16(26-21-25-14(3)15(4)30-21)8-17(24-12)19-11-27(5-6-29-19)20(28)18-10-22-13(2)9-23-18/h7-10,19H,5-6,11H2,1-4H3,(H,24,25,26)/t19-/m1/s1. The quantitative estimate of drug-likeness (QED) is 0.685. The van der Waals surface area contributed by atoms with Crippen molar-refractivity contribution in [1.82, 2.24) is 24.8 Å². The van der Waals surface area contributed by atoms with Crippen molar-refractivity contribution in [1.29, 1.82) is 0 Å². The van der Waals surface area contributed by atoms with Crippen LogP contribution in [0.25, 0.3) is 0 Å². The lowest BCUT2D eigenvalue weighted by atomic mass is 10.1. The molecule has 3 aromatic heterocycles. The van der Waals surface area contributed by atoms with Crippen LogP contribution in [0, 0.1) is 27.7 Å². The summed E-state index contributed by atoms with van der Waals surface area (Å²) < 4.78 is 5.95. The van der Waals surface area contributed by atoms with E-state index in [1.54, 1.807) is 22.4 Å². The third-order valence-corrected chi connectivity index (χ3v) is 5.92. The van der Waals surface area contributed by atoms with Gasteiger partial charge in [-0.3, -0.25) is 14.8 Å². The fraction of sp³-hybridized carbons (Fsp3) is 0.381. The Hall–Kier alpha value is -2.91. The second-order valence-electron chi connectivity index (χ2n) is 7.36. The van der Waals surface area contributed by atoms with Crippen LogP contribution in [0.15, 0.2) is 24.5 Å².